The van der Waals surface area contributed by atoms with Gasteiger partial charge in [-0.25, -0.2) is 9.97 Å². The van der Waals surface area contributed by atoms with E-state index in [0.29, 0.717) is 54.8 Å². The largest absolute Gasteiger partial charge is 0.493 e. The first-order chi connectivity index (χ1) is 12.5. The van der Waals surface area contributed by atoms with Crippen LogP contribution in [0.4, 0.5) is 11.6 Å². The number of ether oxygens (including phenoxy) is 2. The lowest BCUT2D eigenvalue weighted by Crippen LogP contribution is -2.37. The molecular formula is C18H22N4O4. The van der Waals surface area contributed by atoms with E-state index in [-0.39, 0.29) is 5.92 Å². The fourth-order valence-electron chi connectivity index (χ4n) is 3.09. The maximum atomic E-state index is 11.1. The molecule has 1 aromatic heterocycles. The van der Waals surface area contributed by atoms with Crippen LogP contribution in [-0.2, 0) is 4.79 Å². The zero-order chi connectivity index (χ0) is 18.7. The van der Waals surface area contributed by atoms with Gasteiger partial charge in [-0.2, -0.15) is 0 Å². The molecule has 0 radical (unpaired) electrons. The molecule has 26 heavy (non-hydrogen) atoms. The Kier molecular flexibility index (Phi) is 5.11. The predicted molar refractivity (Wildman–Crippen MR) is 97.6 cm³/mol. The third kappa shape index (κ3) is 3.49. The van der Waals surface area contributed by atoms with Crippen LogP contribution in [0.5, 0.6) is 11.5 Å². The van der Waals surface area contributed by atoms with E-state index in [1.807, 2.05) is 23.1 Å². The Hall–Kier alpha value is -3.03. The number of anilines is 2. The average Bonchev–Trinajstić information content (AvgIpc) is 2.68. The summed E-state index contributed by atoms with van der Waals surface area (Å²) >= 11 is 0. The van der Waals surface area contributed by atoms with E-state index in [9.17, 15) is 4.79 Å². The molecule has 1 aliphatic heterocycles. The van der Waals surface area contributed by atoms with Crippen molar-refractivity contribution in [2.75, 3.05) is 37.9 Å². The van der Waals surface area contributed by atoms with Gasteiger partial charge in [-0.05, 0) is 31.0 Å². The summed E-state index contributed by atoms with van der Waals surface area (Å²) in [6, 6.07) is 5.52. The van der Waals surface area contributed by atoms with Gasteiger partial charge in [0, 0.05) is 18.7 Å². The zero-order valence-corrected chi connectivity index (χ0v) is 14.8. The summed E-state index contributed by atoms with van der Waals surface area (Å²) in [5.41, 5.74) is 7.51. The first kappa shape index (κ1) is 17.8. The van der Waals surface area contributed by atoms with Gasteiger partial charge in [0.15, 0.2) is 23.1 Å². The van der Waals surface area contributed by atoms with E-state index in [4.69, 9.17) is 20.3 Å². The highest BCUT2D eigenvalue weighted by atomic mass is 16.5. The second-order valence-electron chi connectivity index (χ2n) is 6.13. The molecule has 1 aliphatic rings. The number of carboxylic acid groups (broad SMARTS) is 1. The van der Waals surface area contributed by atoms with Crippen LogP contribution in [0.3, 0.4) is 0 Å². The molecule has 0 saturated carbocycles. The number of nitrogens with zero attached hydrogens (tertiary/aromatic N) is 3. The number of methoxy groups -OCH3 is 2. The quantitative estimate of drug-likeness (QED) is 0.835. The molecule has 2 aromatic rings. The van der Waals surface area contributed by atoms with Crippen molar-refractivity contribution in [1.29, 1.82) is 0 Å². The van der Waals surface area contributed by atoms with Crippen molar-refractivity contribution < 1.29 is 19.4 Å². The number of carboxylic acids is 1. The lowest BCUT2D eigenvalue weighted by Gasteiger charge is -2.31. The number of benzene rings is 1. The molecule has 0 aliphatic carbocycles. The number of nitrogen functional groups attached to an aromatic ring is 1. The summed E-state index contributed by atoms with van der Waals surface area (Å²) in [6.07, 6.45) is 2.75. The molecule has 3 rings (SSSR count). The van der Waals surface area contributed by atoms with E-state index in [1.54, 1.807) is 20.4 Å². The maximum absolute atomic E-state index is 11.1. The van der Waals surface area contributed by atoms with Gasteiger partial charge in [0.1, 0.15) is 0 Å². The molecule has 1 aromatic carbocycles. The van der Waals surface area contributed by atoms with E-state index in [1.165, 1.54) is 0 Å². The first-order valence-electron chi connectivity index (χ1n) is 8.36. The van der Waals surface area contributed by atoms with Crippen LogP contribution in [0.2, 0.25) is 0 Å². The van der Waals surface area contributed by atoms with Gasteiger partial charge in [0.05, 0.1) is 32.0 Å². The van der Waals surface area contributed by atoms with Crippen molar-refractivity contribution in [3.05, 3.63) is 24.4 Å². The van der Waals surface area contributed by atoms with Crippen molar-refractivity contribution in [3.63, 3.8) is 0 Å². The number of piperidine rings is 1. The topological polar surface area (TPSA) is 111 Å². The van der Waals surface area contributed by atoms with Gasteiger partial charge in [-0.15, -0.1) is 0 Å². The molecule has 1 saturated heterocycles. The van der Waals surface area contributed by atoms with E-state index in [0.717, 1.165) is 5.56 Å². The number of rotatable bonds is 5. The number of aromatic nitrogens is 2. The third-order valence-electron chi connectivity index (χ3n) is 4.60. The van der Waals surface area contributed by atoms with E-state index < -0.39 is 5.97 Å². The minimum absolute atomic E-state index is 0.311. The number of hydrogen-bond acceptors (Lipinski definition) is 7. The molecule has 2 heterocycles. The Morgan fingerprint density at radius 1 is 1.23 bits per heavy atom. The molecule has 0 spiro atoms. The fourth-order valence-corrected chi connectivity index (χ4v) is 3.09. The summed E-state index contributed by atoms with van der Waals surface area (Å²) in [7, 11) is 3.16. The summed E-state index contributed by atoms with van der Waals surface area (Å²) in [6.45, 7) is 1.18. The Labute approximate surface area is 151 Å². The van der Waals surface area contributed by atoms with Crippen LogP contribution in [-0.4, -0.2) is 48.4 Å². The van der Waals surface area contributed by atoms with E-state index >= 15 is 0 Å². The highest BCUT2D eigenvalue weighted by Gasteiger charge is 2.26. The standard InChI is InChI=1S/C18H22N4O4/c1-25-14-4-3-12(9-15(14)26-2)13-10-20-16(19)17(21-13)22-7-5-11(6-8-22)18(23)24/h3-4,9-11H,5-8H2,1-2H3,(H2,19,20)(H,23,24). The lowest BCUT2D eigenvalue weighted by atomic mass is 9.97. The van der Waals surface area contributed by atoms with Gasteiger partial charge >= 0.3 is 5.97 Å². The molecule has 1 fully saturated rings. The number of nitrogens with two attached hydrogens (primary N) is 1. The second-order valence-corrected chi connectivity index (χ2v) is 6.13. The monoisotopic (exact) mass is 358 g/mol. The molecule has 8 heteroatoms. The van der Waals surface area contributed by atoms with Crippen molar-refractivity contribution in [1.82, 2.24) is 9.97 Å². The fraction of sp³-hybridized carbons (Fsp3) is 0.389. The summed E-state index contributed by atoms with van der Waals surface area (Å²) in [5, 5.41) is 9.14. The lowest BCUT2D eigenvalue weighted by molar-refractivity contribution is -0.142. The van der Waals surface area contributed by atoms with Crippen LogP contribution in [0.25, 0.3) is 11.3 Å². The first-order valence-corrected chi connectivity index (χ1v) is 8.36. The zero-order valence-electron chi connectivity index (χ0n) is 14.8. The number of hydrogen-bond donors (Lipinski definition) is 2. The number of aliphatic carboxylic acids is 1. The van der Waals surface area contributed by atoms with Crippen molar-refractivity contribution in [2.45, 2.75) is 12.8 Å². The van der Waals surface area contributed by atoms with Crippen molar-refractivity contribution in [3.8, 4) is 22.8 Å². The highest BCUT2D eigenvalue weighted by Crippen LogP contribution is 2.33. The predicted octanol–water partition coefficient (Wildman–Crippen LogP) is 2.04. The molecule has 0 bridgehead atoms. The maximum Gasteiger partial charge on any atom is 0.306 e. The third-order valence-corrected chi connectivity index (χ3v) is 4.60. The molecular weight excluding hydrogens is 336 g/mol. The van der Waals surface area contributed by atoms with Crippen molar-refractivity contribution in [2.24, 2.45) is 5.92 Å². The smallest absolute Gasteiger partial charge is 0.306 e. The molecule has 8 nitrogen and oxygen atoms in total. The van der Waals surface area contributed by atoms with Gasteiger partial charge in [-0.1, -0.05) is 0 Å². The Morgan fingerprint density at radius 2 is 1.92 bits per heavy atom. The van der Waals surface area contributed by atoms with Crippen LogP contribution >= 0.6 is 0 Å². The van der Waals surface area contributed by atoms with Crippen LogP contribution in [0, 0.1) is 5.92 Å². The summed E-state index contributed by atoms with van der Waals surface area (Å²) < 4.78 is 10.6. The summed E-state index contributed by atoms with van der Waals surface area (Å²) in [5.74, 6) is 1.10. The van der Waals surface area contributed by atoms with Gasteiger partial charge in [0.25, 0.3) is 0 Å². The van der Waals surface area contributed by atoms with Gasteiger partial charge < -0.3 is 25.2 Å². The minimum Gasteiger partial charge on any atom is -0.493 e. The van der Waals surface area contributed by atoms with Crippen LogP contribution in [0.15, 0.2) is 24.4 Å². The van der Waals surface area contributed by atoms with Gasteiger partial charge in [-0.3, -0.25) is 4.79 Å². The number of carbonyl (C=O) groups is 1. The minimum atomic E-state index is -0.747. The molecule has 3 N–H and O–H groups in total. The second kappa shape index (κ2) is 7.47. The SMILES string of the molecule is COc1ccc(-c2cnc(N)c(N3CCC(C(=O)O)CC3)n2)cc1OC. The molecule has 0 amide bonds. The van der Waals surface area contributed by atoms with Gasteiger partial charge in [0.2, 0.25) is 0 Å². The van der Waals surface area contributed by atoms with Crippen LogP contribution < -0.4 is 20.1 Å². The summed E-state index contributed by atoms with van der Waals surface area (Å²) in [4.78, 5) is 22.0. The molecule has 0 unspecified atom stereocenters. The van der Waals surface area contributed by atoms with Crippen LogP contribution in [0.1, 0.15) is 12.8 Å². The highest BCUT2D eigenvalue weighted by molar-refractivity contribution is 5.71. The normalized spacial score (nSPS) is 14.9. The van der Waals surface area contributed by atoms with Crippen molar-refractivity contribution >= 4 is 17.6 Å². The average molecular weight is 358 g/mol. The van der Waals surface area contributed by atoms with E-state index in [2.05, 4.69) is 9.97 Å². The molecule has 0 atom stereocenters. The Bertz CT molecular complexity index is 804. The molecule has 138 valence electrons. The Balaban J connectivity index is 1.88. The Morgan fingerprint density at radius 3 is 2.54 bits per heavy atom.